The van der Waals surface area contributed by atoms with Gasteiger partial charge in [0.1, 0.15) is 17.3 Å². The van der Waals surface area contributed by atoms with Crippen molar-refractivity contribution < 1.29 is 18.0 Å². The minimum Gasteiger partial charge on any atom is -0.340 e. The molecule has 0 atom stereocenters. The van der Waals surface area contributed by atoms with E-state index in [0.29, 0.717) is 30.1 Å². The maximum absolute atomic E-state index is 13.0. The summed E-state index contributed by atoms with van der Waals surface area (Å²) in [6.07, 6.45) is -0.0244. The molecule has 0 saturated heterocycles. The summed E-state index contributed by atoms with van der Waals surface area (Å²) in [6, 6.07) is 10.3. The molecular weight excluding hydrogens is 483 g/mol. The van der Waals surface area contributed by atoms with Crippen LogP contribution in [0.5, 0.6) is 0 Å². The number of amidine groups is 1. The number of nitrogens with one attached hydrogen (secondary N) is 3. The van der Waals surface area contributed by atoms with Crippen LogP contribution in [-0.2, 0) is 6.18 Å². The number of carbonyl (C=O) groups excluding carboxylic acids is 1. The number of anilines is 2. The summed E-state index contributed by atoms with van der Waals surface area (Å²) in [7, 11) is 0. The molecular formula is C26H20F3N7O. The van der Waals surface area contributed by atoms with E-state index in [2.05, 4.69) is 42.8 Å². The molecule has 186 valence electrons. The minimum absolute atomic E-state index is 0.192. The number of aliphatic imine (C=N–C) groups is 1. The normalized spacial score (nSPS) is 13.1. The number of carbonyl (C=O) groups is 1. The van der Waals surface area contributed by atoms with Gasteiger partial charge in [0, 0.05) is 23.5 Å². The van der Waals surface area contributed by atoms with Crippen molar-refractivity contribution in [1.82, 2.24) is 19.7 Å². The summed E-state index contributed by atoms with van der Waals surface area (Å²) < 4.78 is 40.7. The molecule has 3 aromatic heterocycles. The highest BCUT2D eigenvalue weighted by atomic mass is 19.4. The quantitative estimate of drug-likeness (QED) is 0.366. The van der Waals surface area contributed by atoms with Gasteiger partial charge in [-0.25, -0.2) is 9.97 Å². The summed E-state index contributed by atoms with van der Waals surface area (Å²) in [6.45, 7) is 3.08. The molecule has 0 fully saturated rings. The number of rotatable bonds is 3. The average Bonchev–Trinajstić information content (AvgIpc) is 3.54. The Morgan fingerprint density at radius 1 is 1.14 bits per heavy atom. The molecule has 5 rings (SSSR count). The number of hydrogen-bond acceptors (Lipinski definition) is 6. The molecule has 1 aromatic carbocycles. The van der Waals surface area contributed by atoms with Gasteiger partial charge in [-0.1, -0.05) is 12.0 Å². The lowest BCUT2D eigenvalue weighted by molar-refractivity contribution is -0.137. The van der Waals surface area contributed by atoms with E-state index in [1.165, 1.54) is 0 Å². The molecule has 0 unspecified atom stereocenters. The van der Waals surface area contributed by atoms with Gasteiger partial charge in [-0.05, 0) is 54.8 Å². The van der Waals surface area contributed by atoms with Crippen LogP contribution in [0.3, 0.4) is 0 Å². The number of hydrogen-bond donors (Lipinski definition) is 3. The zero-order valence-corrected chi connectivity index (χ0v) is 19.5. The maximum atomic E-state index is 13.0. The standard InChI is InChI=1S/C26H20F3N7O/c1-16-4-5-18(25(37)35-22-12-19(8-9-31-22)26(27,28)29)11-17(16)6-7-20-13-32-24-21(3-2-10-36(20)24)34-23-14-30-15-33-23/h2-5,8-13,30H,14-15H2,1H3,(H,33,34)(H,31,35,37). The predicted octanol–water partition coefficient (Wildman–Crippen LogP) is 4.08. The number of alkyl halides is 3. The van der Waals surface area contributed by atoms with Gasteiger partial charge in [-0.3, -0.25) is 19.5 Å². The molecule has 3 N–H and O–H groups in total. The van der Waals surface area contributed by atoms with Crippen molar-refractivity contribution in [1.29, 1.82) is 0 Å². The molecule has 4 aromatic rings. The van der Waals surface area contributed by atoms with Crippen molar-refractivity contribution in [3.8, 4) is 11.8 Å². The van der Waals surface area contributed by atoms with Crippen LogP contribution in [0.1, 0.15) is 32.7 Å². The molecule has 1 aliphatic rings. The maximum Gasteiger partial charge on any atom is 0.416 e. The molecule has 0 saturated carbocycles. The lowest BCUT2D eigenvalue weighted by Crippen LogP contribution is -2.20. The van der Waals surface area contributed by atoms with Crippen LogP contribution in [0.15, 0.2) is 66.0 Å². The van der Waals surface area contributed by atoms with Gasteiger partial charge in [-0.15, -0.1) is 0 Å². The minimum atomic E-state index is -4.54. The van der Waals surface area contributed by atoms with E-state index in [4.69, 9.17) is 0 Å². The first-order valence-corrected chi connectivity index (χ1v) is 11.2. The molecule has 1 aliphatic heterocycles. The summed E-state index contributed by atoms with van der Waals surface area (Å²) in [5.74, 6) is 6.22. The van der Waals surface area contributed by atoms with Crippen molar-refractivity contribution in [3.63, 3.8) is 0 Å². The van der Waals surface area contributed by atoms with Gasteiger partial charge in [0.15, 0.2) is 5.65 Å². The Kier molecular flexibility index (Phi) is 6.33. The third-order valence-corrected chi connectivity index (χ3v) is 5.64. The second-order valence-electron chi connectivity index (χ2n) is 8.23. The SMILES string of the molecule is Cc1ccc(C(=O)Nc2cc(C(F)(F)F)ccn2)cc1C#Cc1cnc2c(NC3=NCNC3)cccn12. The zero-order valence-electron chi connectivity index (χ0n) is 19.5. The number of pyridine rings is 2. The summed E-state index contributed by atoms with van der Waals surface area (Å²) in [5.41, 5.74) is 2.92. The van der Waals surface area contributed by atoms with E-state index in [0.717, 1.165) is 35.4 Å². The summed E-state index contributed by atoms with van der Waals surface area (Å²) in [4.78, 5) is 25.3. The highest BCUT2D eigenvalue weighted by molar-refractivity contribution is 6.04. The molecule has 0 spiro atoms. The Labute approximate surface area is 209 Å². The van der Waals surface area contributed by atoms with E-state index < -0.39 is 17.6 Å². The average molecular weight is 503 g/mol. The van der Waals surface area contributed by atoms with Crippen molar-refractivity contribution in [2.24, 2.45) is 4.99 Å². The highest BCUT2D eigenvalue weighted by Crippen LogP contribution is 2.30. The van der Waals surface area contributed by atoms with Gasteiger partial charge in [-0.2, -0.15) is 13.2 Å². The van der Waals surface area contributed by atoms with Crippen LogP contribution in [0.25, 0.3) is 5.65 Å². The number of nitrogens with zero attached hydrogens (tertiary/aromatic N) is 4. The second-order valence-corrected chi connectivity index (χ2v) is 8.23. The highest BCUT2D eigenvalue weighted by Gasteiger charge is 2.30. The van der Waals surface area contributed by atoms with Crippen LogP contribution in [0.2, 0.25) is 0 Å². The molecule has 0 bridgehead atoms. The van der Waals surface area contributed by atoms with Crippen LogP contribution < -0.4 is 16.0 Å². The first-order chi connectivity index (χ1) is 17.8. The van der Waals surface area contributed by atoms with Crippen molar-refractivity contribution in [2.75, 3.05) is 23.8 Å². The Morgan fingerprint density at radius 3 is 2.78 bits per heavy atom. The third kappa shape index (κ3) is 5.29. The van der Waals surface area contributed by atoms with E-state index in [-0.39, 0.29) is 11.4 Å². The Bertz CT molecular complexity index is 1600. The summed E-state index contributed by atoms with van der Waals surface area (Å²) >= 11 is 0. The predicted molar refractivity (Wildman–Crippen MR) is 133 cm³/mol. The van der Waals surface area contributed by atoms with Crippen LogP contribution in [0.4, 0.5) is 24.7 Å². The molecule has 8 nitrogen and oxygen atoms in total. The number of fused-ring (bicyclic) bond motifs is 1. The Hall–Kier alpha value is -4.69. The lowest BCUT2D eigenvalue weighted by Gasteiger charge is -2.09. The van der Waals surface area contributed by atoms with E-state index in [9.17, 15) is 18.0 Å². The fraction of sp³-hybridized carbons (Fsp3) is 0.154. The zero-order chi connectivity index (χ0) is 26.0. The number of halogens is 3. The Balaban J connectivity index is 1.38. The molecule has 11 heteroatoms. The molecule has 4 heterocycles. The first-order valence-electron chi connectivity index (χ1n) is 11.2. The van der Waals surface area contributed by atoms with Crippen LogP contribution in [-0.4, -0.2) is 39.3 Å². The number of benzene rings is 1. The van der Waals surface area contributed by atoms with Crippen molar-refractivity contribution in [2.45, 2.75) is 13.1 Å². The summed E-state index contributed by atoms with van der Waals surface area (Å²) in [5, 5.41) is 8.82. The van der Waals surface area contributed by atoms with Crippen molar-refractivity contribution in [3.05, 3.63) is 89.0 Å². The van der Waals surface area contributed by atoms with Gasteiger partial charge >= 0.3 is 6.18 Å². The molecule has 1 amide bonds. The van der Waals surface area contributed by atoms with Crippen LogP contribution in [0, 0.1) is 18.8 Å². The Morgan fingerprint density at radius 2 is 2.00 bits per heavy atom. The van der Waals surface area contributed by atoms with Gasteiger partial charge in [0.25, 0.3) is 5.91 Å². The smallest absolute Gasteiger partial charge is 0.340 e. The number of amides is 1. The van der Waals surface area contributed by atoms with E-state index in [1.54, 1.807) is 24.4 Å². The largest absolute Gasteiger partial charge is 0.416 e. The van der Waals surface area contributed by atoms with Gasteiger partial charge in [0.05, 0.1) is 30.7 Å². The third-order valence-electron chi connectivity index (χ3n) is 5.64. The first kappa shape index (κ1) is 24.0. The number of aromatic nitrogens is 3. The van der Waals surface area contributed by atoms with Gasteiger partial charge in [0.2, 0.25) is 0 Å². The van der Waals surface area contributed by atoms with E-state index >= 15 is 0 Å². The topological polar surface area (TPSA) is 95.7 Å². The lowest BCUT2D eigenvalue weighted by atomic mass is 10.0. The van der Waals surface area contributed by atoms with Crippen molar-refractivity contribution >= 4 is 28.9 Å². The molecule has 0 aliphatic carbocycles. The van der Waals surface area contributed by atoms with E-state index in [1.807, 2.05) is 29.7 Å². The second kappa shape index (κ2) is 9.75. The fourth-order valence-electron chi connectivity index (χ4n) is 3.71. The van der Waals surface area contributed by atoms with Crippen LogP contribution >= 0.6 is 0 Å². The molecule has 37 heavy (non-hydrogen) atoms. The number of aryl methyl sites for hydroxylation is 1. The monoisotopic (exact) mass is 503 g/mol. The fourth-order valence-corrected chi connectivity index (χ4v) is 3.71. The molecule has 0 radical (unpaired) electrons. The van der Waals surface area contributed by atoms with Gasteiger partial charge < -0.3 is 10.6 Å². The number of imidazole rings is 1.